The summed E-state index contributed by atoms with van der Waals surface area (Å²) in [6.45, 7) is 5.21. The minimum absolute atomic E-state index is 0.329. The van der Waals surface area contributed by atoms with Gasteiger partial charge >= 0.3 is 5.97 Å². The Morgan fingerprint density at radius 3 is 2.71 bits per heavy atom. The van der Waals surface area contributed by atoms with Gasteiger partial charge in [0.1, 0.15) is 5.75 Å². The molecule has 4 heteroatoms. The van der Waals surface area contributed by atoms with Crippen LogP contribution in [0.2, 0.25) is 0 Å². The average molecular weight is 291 g/mol. The predicted molar refractivity (Wildman–Crippen MR) is 85.5 cm³/mol. The summed E-state index contributed by atoms with van der Waals surface area (Å²) in [7, 11) is 1.65. The maximum atomic E-state index is 11.1. The van der Waals surface area contributed by atoms with Gasteiger partial charge in [0.25, 0.3) is 0 Å². The molecule has 4 nitrogen and oxygen atoms in total. The molecule has 0 spiro atoms. The summed E-state index contributed by atoms with van der Waals surface area (Å²) in [5, 5.41) is 12.3. The molecule has 0 bridgehead atoms. The van der Waals surface area contributed by atoms with E-state index in [0.29, 0.717) is 25.4 Å². The van der Waals surface area contributed by atoms with Crippen molar-refractivity contribution in [3.63, 3.8) is 0 Å². The van der Waals surface area contributed by atoms with E-state index in [9.17, 15) is 4.79 Å². The third-order valence-electron chi connectivity index (χ3n) is 3.19. The number of carbonyl (C=O) groups is 1. The van der Waals surface area contributed by atoms with Crippen molar-refractivity contribution in [2.75, 3.05) is 20.2 Å². The van der Waals surface area contributed by atoms with Crippen LogP contribution in [0.4, 0.5) is 0 Å². The molecule has 0 aromatic heterocycles. The van der Waals surface area contributed by atoms with Crippen molar-refractivity contribution in [2.45, 2.75) is 20.3 Å². The Kier molecular flexibility index (Phi) is 7.54. The molecule has 0 saturated carbocycles. The second-order valence-corrected chi connectivity index (χ2v) is 5.47. The van der Waals surface area contributed by atoms with Gasteiger partial charge in [-0.3, -0.25) is 4.79 Å². The summed E-state index contributed by atoms with van der Waals surface area (Å²) < 4.78 is 5.27. The lowest BCUT2D eigenvalue weighted by atomic mass is 9.97. The average Bonchev–Trinajstić information content (AvgIpc) is 2.45. The number of ether oxygens (including phenoxy) is 1. The highest BCUT2D eigenvalue weighted by Crippen LogP contribution is 2.18. The monoisotopic (exact) mass is 291 g/mol. The van der Waals surface area contributed by atoms with Gasteiger partial charge in [0.05, 0.1) is 13.0 Å². The fraction of sp³-hybridized carbons (Fsp3) is 0.471. The van der Waals surface area contributed by atoms with Gasteiger partial charge in [-0.05, 0) is 18.4 Å². The summed E-state index contributed by atoms with van der Waals surface area (Å²) in [6, 6.07) is 7.78. The molecule has 2 N–H and O–H groups in total. The van der Waals surface area contributed by atoms with Crippen LogP contribution in [0.5, 0.6) is 5.75 Å². The Morgan fingerprint density at radius 2 is 2.10 bits per heavy atom. The number of benzene rings is 1. The molecule has 1 unspecified atom stereocenters. The highest BCUT2D eigenvalue weighted by molar-refractivity contribution is 5.70. The van der Waals surface area contributed by atoms with E-state index in [1.165, 1.54) is 0 Å². The Labute approximate surface area is 126 Å². The van der Waals surface area contributed by atoms with Gasteiger partial charge in [-0.1, -0.05) is 44.2 Å². The van der Waals surface area contributed by atoms with Crippen LogP contribution >= 0.6 is 0 Å². The van der Waals surface area contributed by atoms with E-state index >= 15 is 0 Å². The number of aliphatic carboxylic acids is 1. The van der Waals surface area contributed by atoms with Crippen LogP contribution in [0.25, 0.3) is 6.08 Å². The normalized spacial score (nSPS) is 12.8. The zero-order valence-corrected chi connectivity index (χ0v) is 13.0. The quantitative estimate of drug-likeness (QED) is 0.687. The lowest BCUT2D eigenvalue weighted by molar-refractivity contribution is -0.142. The molecular formula is C17H25NO3. The summed E-state index contributed by atoms with van der Waals surface area (Å²) in [5.74, 6) is 0.156. The first-order chi connectivity index (χ1) is 10.0. The van der Waals surface area contributed by atoms with Crippen LogP contribution in [-0.2, 0) is 4.79 Å². The third kappa shape index (κ3) is 6.45. The fourth-order valence-corrected chi connectivity index (χ4v) is 2.17. The van der Waals surface area contributed by atoms with Crippen molar-refractivity contribution < 1.29 is 14.6 Å². The van der Waals surface area contributed by atoms with Gasteiger partial charge in [0.2, 0.25) is 0 Å². The first-order valence-corrected chi connectivity index (χ1v) is 7.27. The molecule has 1 aromatic rings. The van der Waals surface area contributed by atoms with E-state index in [-0.39, 0.29) is 5.92 Å². The van der Waals surface area contributed by atoms with Gasteiger partial charge in [-0.2, -0.15) is 0 Å². The van der Waals surface area contributed by atoms with Gasteiger partial charge in [0, 0.05) is 18.7 Å². The summed E-state index contributed by atoms with van der Waals surface area (Å²) in [5.41, 5.74) is 1.01. The minimum atomic E-state index is -0.732. The molecule has 0 aliphatic heterocycles. The number of nitrogens with one attached hydrogen (secondary N) is 1. The van der Waals surface area contributed by atoms with Crippen molar-refractivity contribution in [3.05, 3.63) is 35.9 Å². The van der Waals surface area contributed by atoms with Crippen molar-refractivity contribution in [1.82, 2.24) is 5.32 Å². The summed E-state index contributed by atoms with van der Waals surface area (Å²) >= 11 is 0. The Morgan fingerprint density at radius 1 is 1.38 bits per heavy atom. The Bertz CT molecular complexity index is 469. The van der Waals surface area contributed by atoms with Crippen molar-refractivity contribution >= 4 is 12.0 Å². The molecule has 21 heavy (non-hydrogen) atoms. The standard InChI is InChI=1S/C17H25NO3/c1-13(2)11-15(17(19)20)12-18-10-6-8-14-7-4-5-9-16(14)21-3/h4-9,13,15,18H,10-12H2,1-3H3,(H,19,20)/b8-6+. The van der Waals surface area contributed by atoms with Crippen molar-refractivity contribution in [2.24, 2.45) is 11.8 Å². The Hall–Kier alpha value is -1.81. The molecule has 0 aliphatic rings. The van der Waals surface area contributed by atoms with Gasteiger partial charge in [-0.15, -0.1) is 0 Å². The van der Waals surface area contributed by atoms with Gasteiger partial charge < -0.3 is 15.2 Å². The van der Waals surface area contributed by atoms with Gasteiger partial charge in [0.15, 0.2) is 0 Å². The molecule has 0 amide bonds. The second kappa shape index (κ2) is 9.19. The SMILES string of the molecule is COc1ccccc1/C=C/CNCC(CC(C)C)C(=O)O. The molecular weight excluding hydrogens is 266 g/mol. The van der Waals surface area contributed by atoms with E-state index in [2.05, 4.69) is 5.32 Å². The van der Waals surface area contributed by atoms with Crippen molar-refractivity contribution in [1.29, 1.82) is 0 Å². The van der Waals surface area contributed by atoms with Crippen LogP contribution in [-0.4, -0.2) is 31.3 Å². The number of hydrogen-bond donors (Lipinski definition) is 2. The minimum Gasteiger partial charge on any atom is -0.496 e. The van der Waals surface area contributed by atoms with Gasteiger partial charge in [-0.25, -0.2) is 0 Å². The molecule has 116 valence electrons. The van der Waals surface area contributed by atoms with Crippen LogP contribution in [0.1, 0.15) is 25.8 Å². The van der Waals surface area contributed by atoms with Crippen LogP contribution in [0.3, 0.4) is 0 Å². The molecule has 0 radical (unpaired) electrons. The highest BCUT2D eigenvalue weighted by Gasteiger charge is 2.17. The largest absolute Gasteiger partial charge is 0.496 e. The maximum absolute atomic E-state index is 11.1. The predicted octanol–water partition coefficient (Wildman–Crippen LogP) is 3.04. The van der Waals surface area contributed by atoms with E-state index < -0.39 is 5.97 Å². The zero-order chi connectivity index (χ0) is 15.7. The number of methoxy groups -OCH3 is 1. The number of carboxylic acid groups (broad SMARTS) is 1. The number of carboxylic acids is 1. The van der Waals surface area contributed by atoms with E-state index in [0.717, 1.165) is 11.3 Å². The number of para-hydroxylation sites is 1. The highest BCUT2D eigenvalue weighted by atomic mass is 16.5. The maximum Gasteiger partial charge on any atom is 0.307 e. The van der Waals surface area contributed by atoms with E-state index in [4.69, 9.17) is 9.84 Å². The van der Waals surface area contributed by atoms with Crippen molar-refractivity contribution in [3.8, 4) is 5.75 Å². The first-order valence-electron chi connectivity index (χ1n) is 7.27. The zero-order valence-electron chi connectivity index (χ0n) is 13.0. The molecule has 1 atom stereocenters. The van der Waals surface area contributed by atoms with E-state index in [1.54, 1.807) is 7.11 Å². The van der Waals surface area contributed by atoms with Crippen LogP contribution in [0.15, 0.2) is 30.3 Å². The smallest absolute Gasteiger partial charge is 0.307 e. The number of rotatable bonds is 9. The second-order valence-electron chi connectivity index (χ2n) is 5.47. The Balaban J connectivity index is 2.42. The molecule has 1 aromatic carbocycles. The van der Waals surface area contributed by atoms with Crippen LogP contribution in [0, 0.1) is 11.8 Å². The van der Waals surface area contributed by atoms with Crippen LogP contribution < -0.4 is 10.1 Å². The summed E-state index contributed by atoms with van der Waals surface area (Å²) in [4.78, 5) is 11.1. The molecule has 0 heterocycles. The lowest BCUT2D eigenvalue weighted by Gasteiger charge is -2.14. The van der Waals surface area contributed by atoms with E-state index in [1.807, 2.05) is 50.3 Å². The molecule has 0 saturated heterocycles. The third-order valence-corrected chi connectivity index (χ3v) is 3.19. The lowest BCUT2D eigenvalue weighted by Crippen LogP contribution is -2.29. The first kappa shape index (κ1) is 17.2. The fourth-order valence-electron chi connectivity index (χ4n) is 2.17. The molecule has 0 aliphatic carbocycles. The number of hydrogen-bond acceptors (Lipinski definition) is 3. The summed E-state index contributed by atoms with van der Waals surface area (Å²) in [6.07, 6.45) is 4.65. The molecule has 1 rings (SSSR count). The topological polar surface area (TPSA) is 58.6 Å². The molecule has 0 fully saturated rings.